The first-order valence-corrected chi connectivity index (χ1v) is 9.85. The molecule has 0 saturated heterocycles. The summed E-state index contributed by atoms with van der Waals surface area (Å²) in [5.74, 6) is 0.790. The lowest BCUT2D eigenvalue weighted by molar-refractivity contribution is 0.425. The number of nitrogens with one attached hydrogen (secondary N) is 1. The van der Waals surface area contributed by atoms with Crippen LogP contribution in [-0.2, 0) is 13.5 Å². The molecule has 0 bridgehead atoms. The van der Waals surface area contributed by atoms with Crippen molar-refractivity contribution in [2.45, 2.75) is 6.42 Å². The van der Waals surface area contributed by atoms with E-state index in [1.165, 1.54) is 0 Å². The molecule has 4 aromatic rings. The standard InChI is InChI=1S/C20H21N7S/c1-26(2)10-9-22-18-15-17(27(3)12-23-15)16-20(25-18)28-19(24-16)14-6-4-5-13(11-14)7-8-21/h4-6,11-12H,7,9-10H2,1-3H3,(H,22,25). The van der Waals surface area contributed by atoms with Crippen molar-refractivity contribution in [3.63, 3.8) is 0 Å². The van der Waals surface area contributed by atoms with E-state index >= 15 is 0 Å². The van der Waals surface area contributed by atoms with Crippen LogP contribution in [0.2, 0.25) is 0 Å². The van der Waals surface area contributed by atoms with Gasteiger partial charge in [0, 0.05) is 25.7 Å². The van der Waals surface area contributed by atoms with Crippen LogP contribution in [0.15, 0.2) is 30.6 Å². The fourth-order valence-electron chi connectivity index (χ4n) is 3.13. The first-order valence-electron chi connectivity index (χ1n) is 9.03. The number of thiazole rings is 1. The number of likely N-dealkylation sites (N-methyl/N-ethyl adjacent to an activating group) is 1. The van der Waals surface area contributed by atoms with E-state index in [4.69, 9.17) is 15.2 Å². The second-order valence-corrected chi connectivity index (χ2v) is 7.93. The largest absolute Gasteiger partial charge is 0.367 e. The van der Waals surface area contributed by atoms with Crippen LogP contribution < -0.4 is 5.32 Å². The van der Waals surface area contributed by atoms with Gasteiger partial charge in [0.25, 0.3) is 0 Å². The summed E-state index contributed by atoms with van der Waals surface area (Å²) in [5.41, 5.74) is 4.67. The molecule has 0 amide bonds. The Balaban J connectivity index is 1.81. The Labute approximate surface area is 167 Å². The molecular formula is C20H21N7S. The van der Waals surface area contributed by atoms with Crippen LogP contribution in [0.3, 0.4) is 0 Å². The molecule has 28 heavy (non-hydrogen) atoms. The molecule has 7 nitrogen and oxygen atoms in total. The molecule has 0 atom stereocenters. The quantitative estimate of drug-likeness (QED) is 0.543. The van der Waals surface area contributed by atoms with E-state index < -0.39 is 0 Å². The molecule has 142 valence electrons. The van der Waals surface area contributed by atoms with Crippen LogP contribution in [0.5, 0.6) is 0 Å². The van der Waals surface area contributed by atoms with Gasteiger partial charge in [-0.2, -0.15) is 5.26 Å². The van der Waals surface area contributed by atoms with Gasteiger partial charge in [-0.25, -0.2) is 15.0 Å². The monoisotopic (exact) mass is 391 g/mol. The van der Waals surface area contributed by atoms with Gasteiger partial charge in [-0.3, -0.25) is 0 Å². The molecule has 8 heteroatoms. The number of imidazole rings is 1. The Hall–Kier alpha value is -3.02. The number of nitriles is 1. The maximum absolute atomic E-state index is 8.96. The number of fused-ring (bicyclic) bond motifs is 3. The van der Waals surface area contributed by atoms with E-state index in [1.54, 1.807) is 17.7 Å². The molecule has 0 unspecified atom stereocenters. The van der Waals surface area contributed by atoms with Crippen molar-refractivity contribution < 1.29 is 0 Å². The van der Waals surface area contributed by atoms with Gasteiger partial charge < -0.3 is 14.8 Å². The van der Waals surface area contributed by atoms with E-state index in [0.717, 1.165) is 56.4 Å². The summed E-state index contributed by atoms with van der Waals surface area (Å²) in [6.07, 6.45) is 2.19. The molecule has 1 N–H and O–H groups in total. The smallest absolute Gasteiger partial charge is 0.156 e. The number of aryl methyl sites for hydroxylation is 1. The summed E-state index contributed by atoms with van der Waals surface area (Å²) in [6, 6.07) is 10.2. The number of nitrogens with zero attached hydrogens (tertiary/aromatic N) is 6. The zero-order valence-electron chi connectivity index (χ0n) is 16.1. The highest BCUT2D eigenvalue weighted by Gasteiger charge is 2.17. The highest BCUT2D eigenvalue weighted by Crippen LogP contribution is 2.35. The Morgan fingerprint density at radius 3 is 2.89 bits per heavy atom. The van der Waals surface area contributed by atoms with Crippen molar-refractivity contribution in [1.29, 1.82) is 5.26 Å². The Bertz CT molecular complexity index is 1180. The first-order chi connectivity index (χ1) is 13.6. The zero-order valence-corrected chi connectivity index (χ0v) is 16.9. The minimum absolute atomic E-state index is 0.392. The molecule has 1 aromatic carbocycles. The number of aromatic nitrogens is 4. The Morgan fingerprint density at radius 2 is 2.11 bits per heavy atom. The van der Waals surface area contributed by atoms with E-state index in [2.05, 4.69) is 21.3 Å². The maximum atomic E-state index is 8.96. The fourth-order valence-corrected chi connectivity index (χ4v) is 4.07. The number of rotatable bonds is 6. The third-order valence-corrected chi connectivity index (χ3v) is 5.52. The van der Waals surface area contributed by atoms with Gasteiger partial charge in [-0.15, -0.1) is 0 Å². The summed E-state index contributed by atoms with van der Waals surface area (Å²) in [5, 5.41) is 13.3. The molecule has 0 aliphatic rings. The predicted molar refractivity (Wildman–Crippen MR) is 113 cm³/mol. The molecular weight excluding hydrogens is 370 g/mol. The summed E-state index contributed by atoms with van der Waals surface area (Å²) < 4.78 is 1.99. The molecule has 4 rings (SSSR count). The van der Waals surface area contributed by atoms with Crippen molar-refractivity contribution in [3.05, 3.63) is 36.2 Å². The van der Waals surface area contributed by atoms with Crippen molar-refractivity contribution in [3.8, 4) is 16.6 Å². The number of hydrogen-bond acceptors (Lipinski definition) is 7. The third-order valence-electron chi connectivity index (χ3n) is 4.52. The van der Waals surface area contributed by atoms with Crippen molar-refractivity contribution in [1.82, 2.24) is 24.4 Å². The number of anilines is 1. The van der Waals surface area contributed by atoms with Crippen molar-refractivity contribution in [2.24, 2.45) is 7.05 Å². The molecule has 3 heterocycles. The lowest BCUT2D eigenvalue weighted by atomic mass is 10.1. The summed E-state index contributed by atoms with van der Waals surface area (Å²) >= 11 is 1.56. The molecule has 0 fully saturated rings. The van der Waals surface area contributed by atoms with Crippen molar-refractivity contribution >= 4 is 38.5 Å². The van der Waals surface area contributed by atoms with Crippen LogP contribution in [0.1, 0.15) is 5.56 Å². The van der Waals surface area contributed by atoms with E-state index in [9.17, 15) is 0 Å². The molecule has 0 radical (unpaired) electrons. The Kier molecular flexibility index (Phi) is 4.94. The van der Waals surface area contributed by atoms with E-state index in [-0.39, 0.29) is 0 Å². The second-order valence-electron chi connectivity index (χ2n) is 6.95. The van der Waals surface area contributed by atoms with Crippen LogP contribution in [-0.4, -0.2) is 51.6 Å². The third kappa shape index (κ3) is 3.42. The number of hydrogen-bond donors (Lipinski definition) is 1. The minimum Gasteiger partial charge on any atom is -0.367 e. The molecule has 3 aromatic heterocycles. The predicted octanol–water partition coefficient (Wildman–Crippen LogP) is 3.28. The summed E-state index contributed by atoms with van der Waals surface area (Å²) in [4.78, 5) is 17.2. The van der Waals surface area contributed by atoms with E-state index in [1.807, 2.05) is 50.0 Å². The van der Waals surface area contributed by atoms with Crippen LogP contribution >= 0.6 is 11.3 Å². The first kappa shape index (κ1) is 18.3. The van der Waals surface area contributed by atoms with Gasteiger partial charge in [0.1, 0.15) is 26.4 Å². The summed E-state index contributed by atoms with van der Waals surface area (Å²) in [7, 11) is 6.07. The van der Waals surface area contributed by atoms with Gasteiger partial charge >= 0.3 is 0 Å². The molecule has 0 saturated carbocycles. The molecule has 0 aliphatic carbocycles. The second kappa shape index (κ2) is 7.54. The average molecular weight is 392 g/mol. The molecule has 0 aliphatic heterocycles. The van der Waals surface area contributed by atoms with Gasteiger partial charge in [-0.05, 0) is 25.7 Å². The van der Waals surface area contributed by atoms with Gasteiger partial charge in [0.2, 0.25) is 0 Å². The SMILES string of the molecule is CN(C)CCNc1nc2sc(-c3cccc(CC#N)c3)nc2c2c1ncn2C. The van der Waals surface area contributed by atoms with Crippen LogP contribution in [0, 0.1) is 11.3 Å². The highest BCUT2D eigenvalue weighted by atomic mass is 32.1. The van der Waals surface area contributed by atoms with Gasteiger partial charge in [0.15, 0.2) is 5.82 Å². The van der Waals surface area contributed by atoms with Gasteiger partial charge in [0.05, 0.1) is 18.8 Å². The lowest BCUT2D eigenvalue weighted by Gasteiger charge is -2.11. The number of pyridine rings is 1. The normalized spacial score (nSPS) is 11.4. The number of benzene rings is 1. The zero-order chi connectivity index (χ0) is 19.7. The Morgan fingerprint density at radius 1 is 1.25 bits per heavy atom. The molecule has 0 spiro atoms. The van der Waals surface area contributed by atoms with Crippen molar-refractivity contribution in [2.75, 3.05) is 32.5 Å². The highest BCUT2D eigenvalue weighted by molar-refractivity contribution is 7.21. The average Bonchev–Trinajstić information content (AvgIpc) is 3.26. The lowest BCUT2D eigenvalue weighted by Crippen LogP contribution is -2.21. The van der Waals surface area contributed by atoms with E-state index in [0.29, 0.717) is 6.42 Å². The maximum Gasteiger partial charge on any atom is 0.156 e. The minimum atomic E-state index is 0.392. The fraction of sp³-hybridized carbons (Fsp3) is 0.300. The van der Waals surface area contributed by atoms with Gasteiger partial charge in [-0.1, -0.05) is 29.5 Å². The van der Waals surface area contributed by atoms with Crippen LogP contribution in [0.4, 0.5) is 5.82 Å². The topological polar surface area (TPSA) is 82.7 Å². The van der Waals surface area contributed by atoms with Crippen LogP contribution in [0.25, 0.3) is 32.0 Å². The summed E-state index contributed by atoms with van der Waals surface area (Å²) in [6.45, 7) is 1.70.